The average Bonchev–Trinajstić information content (AvgIpc) is 0.826. The minimum absolute atomic E-state index is 0.00772. The predicted octanol–water partition coefficient (Wildman–Crippen LogP) is -7.92. The van der Waals surface area contributed by atoms with Crippen molar-refractivity contribution in [2.24, 2.45) is 0 Å². The molecule has 0 heterocycles. The molecule has 0 aromatic heterocycles. The molecule has 6 aromatic rings. The van der Waals surface area contributed by atoms with Crippen molar-refractivity contribution in [3.8, 4) is 0 Å². The third-order valence-electron chi connectivity index (χ3n) is 15.5. The third-order valence-corrected chi connectivity index (χ3v) is 15.5. The van der Waals surface area contributed by atoms with Crippen LogP contribution in [0.5, 0.6) is 0 Å². The highest BCUT2D eigenvalue weighted by atomic mass is 19.3. The van der Waals surface area contributed by atoms with Crippen LogP contribution in [0.2, 0.25) is 0 Å². The molecule has 0 fully saturated rings. The monoisotopic (exact) mass is 1500 g/mol. The van der Waals surface area contributed by atoms with Crippen molar-refractivity contribution in [1.29, 1.82) is 0 Å². The molecule has 6 rings (SSSR count). The number of aliphatic carboxylic acids is 6. The lowest BCUT2D eigenvalue weighted by Crippen LogP contribution is -2.69. The molecule has 580 valence electrons. The van der Waals surface area contributed by atoms with Gasteiger partial charge in [-0.05, 0) is 83.8 Å². The number of carboxylic acid groups (broad SMARTS) is 6. The standard InChI is InChI=1S/C14H17NO4.C13H16N2O4.C13H15NO4.C13H17NO3.C12H13F2NO3.C12H13NO4/c1-9(16)2-7-13(17)11-5-3-10(4-6-11)8-12(15)14(18)19;1-8(16)7-15-12(17)10-4-2-9(3-5-10)6-11(14)13(18)19;1-8(15)12(16)7-10-4-2-9(3-5-10)6-11(14)13(17)18;1-9(15)2-3-10-4-6-11(7-5-10)8-12(14)13(16)17;1-7(16)12(13,14)9-4-2-8(3-5-9)6-10(15)11(17)18;1-7(14)11(15)9-4-2-8(3-5-9)6-10(13)12(16)17/h3-6,12H,2,7-8,15H2,1H3,(H,18,19);2-5,11H,6-7,14H2,1H3,(H,15,17)(H,18,19);2-5,11H,6-7,14H2,1H3,(H,17,18);4-7,12H,2-3,8,14H2,1H3,(H,16,17);2-5,10H,6,15H2,1H3,(H,17,18);2-5,10H,6,13H2,1H3,(H,16,17)/t12-;2*11-;12-;2*10-/m000000/s1. The van der Waals surface area contributed by atoms with Crippen LogP contribution >= 0.6 is 0 Å². The number of halogens is 2. The van der Waals surface area contributed by atoms with E-state index in [-0.39, 0.29) is 87.0 Å². The van der Waals surface area contributed by atoms with Gasteiger partial charge in [0.15, 0.2) is 17.3 Å². The Hall–Kier alpha value is -11.7. The molecule has 0 unspecified atom stereocenters. The van der Waals surface area contributed by atoms with Gasteiger partial charge in [0, 0.05) is 107 Å². The number of benzene rings is 6. The second kappa shape index (κ2) is 47.7. The molecule has 0 bridgehead atoms. The summed E-state index contributed by atoms with van der Waals surface area (Å²) in [6, 6.07) is 33.8. The number of amides is 1. The largest absolute Gasteiger partial charge is 0.544 e. The smallest absolute Gasteiger partial charge is 0.330 e. The quantitative estimate of drug-likeness (QED) is 0.0144. The first kappa shape index (κ1) is 94.3. The summed E-state index contributed by atoms with van der Waals surface area (Å²) in [6.07, 6.45) is 3.27. The second-order valence-corrected chi connectivity index (χ2v) is 25.1. The van der Waals surface area contributed by atoms with E-state index in [4.69, 9.17) is 0 Å². The summed E-state index contributed by atoms with van der Waals surface area (Å²) >= 11 is 0. The minimum Gasteiger partial charge on any atom is -0.544 e. The molecular formula is C77H91F2N7O22. The van der Waals surface area contributed by atoms with Crippen LogP contribution in [0.25, 0.3) is 0 Å². The Morgan fingerprint density at radius 2 is 0.620 bits per heavy atom. The van der Waals surface area contributed by atoms with Crippen LogP contribution in [-0.4, -0.2) is 137 Å². The number of nitrogens with one attached hydrogen (secondary N) is 1. The zero-order valence-corrected chi connectivity index (χ0v) is 60.8. The van der Waals surface area contributed by atoms with Crippen LogP contribution in [0, 0.1) is 0 Å². The van der Waals surface area contributed by atoms with E-state index in [1.165, 1.54) is 52.0 Å². The number of carbonyl (C=O) groups excluding carboxylic acids is 16. The summed E-state index contributed by atoms with van der Waals surface area (Å²) in [5, 5.41) is 65.6. The van der Waals surface area contributed by atoms with Crippen molar-refractivity contribution < 1.29 is 151 Å². The second-order valence-electron chi connectivity index (χ2n) is 25.1. The zero-order chi connectivity index (χ0) is 82.3. The number of aryl methyl sites for hydroxylation is 1. The van der Waals surface area contributed by atoms with E-state index in [0.29, 0.717) is 35.1 Å². The molecule has 0 spiro atoms. The Morgan fingerprint density at radius 3 is 0.898 bits per heavy atom. The highest BCUT2D eigenvalue weighted by Gasteiger charge is 2.37. The number of carbonyl (C=O) groups is 16. The number of Topliss-reactive ketones (excluding diaryl/α,β-unsaturated/α-hetero) is 9. The maximum atomic E-state index is 13.3. The van der Waals surface area contributed by atoms with E-state index in [1.807, 2.05) is 24.3 Å². The lowest BCUT2D eigenvalue weighted by Gasteiger charge is -2.14. The van der Waals surface area contributed by atoms with Gasteiger partial charge in [0.05, 0.1) is 42.4 Å². The van der Waals surface area contributed by atoms with Crippen LogP contribution in [0.3, 0.4) is 0 Å². The SMILES string of the molecule is CC(=O)C(=O)Cc1ccc(C[C@H]([NH3+])C(=O)[O-])cc1.CC(=O)C(=O)c1ccc(C[C@H]([NH3+])C(=O)[O-])cc1.CC(=O)C(F)(F)c1ccc(C[C@H]([NH3+])C(=O)[O-])cc1.CC(=O)CCC(=O)c1ccc(C[C@H]([NH3+])C(=O)[O-])cc1.CC(=O)CCc1ccc(C[C@H]([NH3+])C(=O)[O-])cc1.CC(=O)CNC(=O)c1ccc(C[C@H]([NH3+])C(=O)[O-])cc1. The Labute approximate surface area is 620 Å². The summed E-state index contributed by atoms with van der Waals surface area (Å²) in [4.78, 5) is 174. The van der Waals surface area contributed by atoms with E-state index in [9.17, 15) is 116 Å². The first-order chi connectivity index (χ1) is 50.3. The summed E-state index contributed by atoms with van der Waals surface area (Å²) in [6.45, 7) is 7.66. The molecule has 0 radical (unpaired) electrons. The van der Waals surface area contributed by atoms with Crippen molar-refractivity contribution in [3.63, 3.8) is 0 Å². The number of rotatable bonds is 35. The fourth-order valence-electron chi connectivity index (χ4n) is 8.88. The van der Waals surface area contributed by atoms with Crippen molar-refractivity contribution in [2.45, 2.75) is 154 Å². The average molecular weight is 1500 g/mol. The van der Waals surface area contributed by atoms with Gasteiger partial charge in [-0.25, -0.2) is 0 Å². The summed E-state index contributed by atoms with van der Waals surface area (Å²) in [5.41, 5.74) is 27.9. The first-order valence-corrected chi connectivity index (χ1v) is 33.4. The highest BCUT2D eigenvalue weighted by molar-refractivity contribution is 6.42. The van der Waals surface area contributed by atoms with Gasteiger partial charge in [-0.3, -0.25) is 38.4 Å². The Morgan fingerprint density at radius 1 is 0.343 bits per heavy atom. The van der Waals surface area contributed by atoms with Crippen LogP contribution in [0.1, 0.15) is 142 Å². The topological polar surface area (TPSA) is 589 Å². The number of quaternary nitrogens is 6. The van der Waals surface area contributed by atoms with Crippen LogP contribution in [0.15, 0.2) is 146 Å². The molecule has 31 heteroatoms. The minimum atomic E-state index is -3.52. The lowest BCUT2D eigenvalue weighted by atomic mass is 10.0. The molecule has 0 aliphatic heterocycles. The van der Waals surface area contributed by atoms with Crippen LogP contribution in [0.4, 0.5) is 8.78 Å². The summed E-state index contributed by atoms with van der Waals surface area (Å²) in [5.74, 6) is -14.4. The van der Waals surface area contributed by atoms with Gasteiger partial charge in [-0.2, -0.15) is 8.78 Å². The maximum absolute atomic E-state index is 13.3. The predicted molar refractivity (Wildman–Crippen MR) is 366 cm³/mol. The molecule has 1 amide bonds. The zero-order valence-electron chi connectivity index (χ0n) is 60.8. The highest BCUT2D eigenvalue weighted by Crippen LogP contribution is 2.29. The van der Waals surface area contributed by atoms with E-state index in [0.717, 1.165) is 64.4 Å². The molecule has 29 nitrogen and oxygen atoms in total. The molecule has 0 aliphatic rings. The van der Waals surface area contributed by atoms with Gasteiger partial charge < -0.3 is 109 Å². The molecular weight excluding hydrogens is 1410 g/mol. The van der Waals surface area contributed by atoms with Gasteiger partial charge in [-0.15, -0.1) is 0 Å². The normalized spacial score (nSPS) is 12.1. The Kier molecular flexibility index (Phi) is 41.6. The van der Waals surface area contributed by atoms with Crippen LogP contribution < -0.4 is 70.4 Å². The molecule has 6 atom stereocenters. The molecule has 19 N–H and O–H groups in total. The van der Waals surface area contributed by atoms with E-state index in [2.05, 4.69) is 39.7 Å². The van der Waals surface area contributed by atoms with Crippen LogP contribution in [-0.2, 0) is 120 Å². The number of ketones is 9. The van der Waals surface area contributed by atoms with Gasteiger partial charge in [0.25, 0.3) is 5.91 Å². The fraction of sp³-hybridized carbons (Fsp3) is 0.325. The molecule has 6 aromatic carbocycles. The first-order valence-electron chi connectivity index (χ1n) is 33.4. The van der Waals surface area contributed by atoms with Gasteiger partial charge in [0.2, 0.25) is 17.3 Å². The summed E-state index contributed by atoms with van der Waals surface area (Å²) in [7, 11) is 0. The van der Waals surface area contributed by atoms with Crippen molar-refractivity contribution >= 4 is 93.8 Å². The lowest BCUT2D eigenvalue weighted by molar-refractivity contribution is -0.437. The number of alkyl halides is 2. The molecule has 0 saturated carbocycles. The fourth-order valence-corrected chi connectivity index (χ4v) is 8.88. The third kappa shape index (κ3) is 37.8. The molecule has 0 saturated heterocycles. The maximum Gasteiger partial charge on any atom is 0.330 e. The van der Waals surface area contributed by atoms with Gasteiger partial charge in [-0.1, -0.05) is 133 Å². The number of hydrogen-bond acceptors (Lipinski definition) is 22. The Bertz CT molecular complexity index is 4010. The number of hydrogen-bond donors (Lipinski definition) is 7. The van der Waals surface area contributed by atoms with Crippen molar-refractivity contribution in [3.05, 3.63) is 212 Å². The van der Waals surface area contributed by atoms with Gasteiger partial charge >= 0.3 is 5.92 Å². The summed E-state index contributed by atoms with van der Waals surface area (Å²) < 4.78 is 26.7. The van der Waals surface area contributed by atoms with Crippen molar-refractivity contribution in [1.82, 2.24) is 5.32 Å². The molecule has 0 aliphatic carbocycles. The number of carboxylic acids is 6. The molecule has 108 heavy (non-hydrogen) atoms. The van der Waals surface area contributed by atoms with Crippen molar-refractivity contribution in [2.75, 3.05) is 6.54 Å². The Balaban J connectivity index is 0.000000648. The van der Waals surface area contributed by atoms with Gasteiger partial charge in [0.1, 0.15) is 53.6 Å². The van der Waals surface area contributed by atoms with E-state index < -0.39 is 112 Å². The van der Waals surface area contributed by atoms with E-state index >= 15 is 0 Å². The van der Waals surface area contributed by atoms with E-state index in [1.54, 1.807) is 91.9 Å².